The van der Waals surface area contributed by atoms with Crippen molar-refractivity contribution in [3.63, 3.8) is 0 Å². The van der Waals surface area contributed by atoms with Gasteiger partial charge >= 0.3 is 0 Å². The van der Waals surface area contributed by atoms with E-state index < -0.39 is 0 Å². The number of carbonyl (C=O) groups is 1. The Hall–Kier alpha value is -2.20. The molecule has 0 fully saturated rings. The molecular weight excluding hydrogens is 524 g/mol. The largest absolute Gasteiger partial charge is 0.490 e. The van der Waals surface area contributed by atoms with Gasteiger partial charge in [-0.3, -0.25) is 4.79 Å². The third-order valence-corrected chi connectivity index (χ3v) is 8.57. The monoisotopic (exact) mass is 580 g/mol. The highest BCUT2D eigenvalue weighted by Crippen LogP contribution is 2.30. The number of unbranched alkanes of at least 4 members (excludes halogenated alkanes) is 12. The number of hydrogen-bond donors (Lipinski definition) is 0. The van der Waals surface area contributed by atoms with Crippen LogP contribution >= 0.6 is 11.8 Å². The molecule has 0 aliphatic carbocycles. The van der Waals surface area contributed by atoms with Crippen LogP contribution in [0.4, 0.5) is 0 Å². The number of thioether (sulfide) groups is 1. The van der Waals surface area contributed by atoms with Crippen LogP contribution in [0, 0.1) is 5.92 Å². The average Bonchev–Trinajstić information content (AvgIpc) is 2.98. The normalized spacial score (nSPS) is 11.4. The Balaban J connectivity index is 1.94. The third-order valence-electron chi connectivity index (χ3n) is 7.13. The molecule has 0 aliphatic heterocycles. The van der Waals surface area contributed by atoms with Crippen molar-refractivity contribution < 1.29 is 14.3 Å². The maximum absolute atomic E-state index is 13.0. The Kier molecular flexibility index (Phi) is 19.1. The summed E-state index contributed by atoms with van der Waals surface area (Å²) in [5.41, 5.74) is 1.65. The van der Waals surface area contributed by atoms with Crippen molar-refractivity contribution in [1.82, 2.24) is 0 Å². The molecule has 228 valence electrons. The van der Waals surface area contributed by atoms with Gasteiger partial charge in [0.25, 0.3) is 0 Å². The van der Waals surface area contributed by atoms with Gasteiger partial charge in [0.1, 0.15) is 0 Å². The number of ketones is 1. The smallest absolute Gasteiger partial charge is 0.185 e. The summed E-state index contributed by atoms with van der Waals surface area (Å²) >= 11 is 1.87. The quantitative estimate of drug-likeness (QED) is 0.0535. The molecule has 0 aliphatic rings. The van der Waals surface area contributed by atoms with Gasteiger partial charge < -0.3 is 9.47 Å². The van der Waals surface area contributed by atoms with Crippen molar-refractivity contribution in [3.05, 3.63) is 59.7 Å². The topological polar surface area (TPSA) is 35.5 Å². The Labute approximate surface area is 255 Å². The molecule has 0 spiro atoms. The lowest BCUT2D eigenvalue weighted by Gasteiger charge is -2.14. The first-order valence-corrected chi connectivity index (χ1v) is 17.4. The lowest BCUT2D eigenvalue weighted by molar-refractivity contribution is 0.104. The third kappa shape index (κ3) is 16.1. The summed E-state index contributed by atoms with van der Waals surface area (Å²) in [7, 11) is 0. The van der Waals surface area contributed by atoms with Gasteiger partial charge in [0.05, 0.1) is 13.2 Å². The molecule has 41 heavy (non-hydrogen) atoms. The Morgan fingerprint density at radius 1 is 0.707 bits per heavy atom. The molecule has 4 heteroatoms. The molecule has 0 saturated heterocycles. The fraction of sp³-hybridized carbons (Fsp3) is 0.595. The van der Waals surface area contributed by atoms with Crippen LogP contribution in [0.5, 0.6) is 11.5 Å². The van der Waals surface area contributed by atoms with E-state index in [1.54, 1.807) is 6.08 Å². The highest BCUT2D eigenvalue weighted by atomic mass is 32.2. The maximum Gasteiger partial charge on any atom is 0.185 e. The number of allylic oxidation sites excluding steroid dienone is 1. The van der Waals surface area contributed by atoms with Gasteiger partial charge in [-0.05, 0) is 60.7 Å². The highest BCUT2D eigenvalue weighted by molar-refractivity contribution is 7.99. The average molecular weight is 581 g/mol. The maximum atomic E-state index is 13.0. The van der Waals surface area contributed by atoms with E-state index in [1.807, 2.05) is 36.0 Å². The first kappa shape index (κ1) is 35.0. The first-order chi connectivity index (χ1) is 20.0. The second kappa shape index (κ2) is 22.4. The summed E-state index contributed by atoms with van der Waals surface area (Å²) in [6, 6.07) is 14.0. The van der Waals surface area contributed by atoms with Crippen LogP contribution in [0.2, 0.25) is 0 Å². The van der Waals surface area contributed by atoms with Crippen LogP contribution in [0.15, 0.2) is 53.4 Å². The van der Waals surface area contributed by atoms with E-state index in [2.05, 4.69) is 52.0 Å². The van der Waals surface area contributed by atoms with E-state index in [0.29, 0.717) is 30.4 Å². The summed E-state index contributed by atoms with van der Waals surface area (Å²) in [6.07, 6.45) is 21.0. The Morgan fingerprint density at radius 2 is 1.24 bits per heavy atom. The van der Waals surface area contributed by atoms with Gasteiger partial charge in [0, 0.05) is 16.2 Å². The second-order valence-corrected chi connectivity index (χ2v) is 12.7. The zero-order chi connectivity index (χ0) is 29.5. The van der Waals surface area contributed by atoms with Crippen LogP contribution in [-0.4, -0.2) is 24.7 Å². The zero-order valence-corrected chi connectivity index (χ0v) is 27.2. The van der Waals surface area contributed by atoms with Crippen LogP contribution < -0.4 is 9.47 Å². The van der Waals surface area contributed by atoms with Crippen LogP contribution in [0.25, 0.3) is 6.08 Å². The molecular formula is C37H56O3S. The number of carbonyl (C=O) groups excluding carboxylic acids is 1. The fourth-order valence-corrected chi connectivity index (χ4v) is 5.44. The van der Waals surface area contributed by atoms with E-state index >= 15 is 0 Å². The van der Waals surface area contributed by atoms with Gasteiger partial charge in [-0.25, -0.2) is 0 Å². The molecule has 0 amide bonds. The molecule has 0 bridgehead atoms. The number of ether oxygens (including phenoxy) is 2. The fourth-order valence-electron chi connectivity index (χ4n) is 4.58. The van der Waals surface area contributed by atoms with Gasteiger partial charge in [-0.2, -0.15) is 0 Å². The predicted octanol–water partition coefficient (Wildman–Crippen LogP) is 11.6. The minimum absolute atomic E-state index is 0.0253. The molecule has 0 N–H and O–H groups in total. The Morgan fingerprint density at radius 3 is 1.80 bits per heavy atom. The summed E-state index contributed by atoms with van der Waals surface area (Å²) < 4.78 is 12.3. The minimum atomic E-state index is -0.0253. The van der Waals surface area contributed by atoms with Gasteiger partial charge in [0.2, 0.25) is 0 Å². The lowest BCUT2D eigenvalue weighted by Crippen LogP contribution is -2.04. The van der Waals surface area contributed by atoms with Crippen LogP contribution in [0.1, 0.15) is 134 Å². The lowest BCUT2D eigenvalue weighted by atomic mass is 10.1. The van der Waals surface area contributed by atoms with Crippen molar-refractivity contribution in [2.24, 2.45) is 5.92 Å². The van der Waals surface area contributed by atoms with Gasteiger partial charge in [-0.1, -0.05) is 123 Å². The van der Waals surface area contributed by atoms with E-state index in [-0.39, 0.29) is 5.78 Å². The van der Waals surface area contributed by atoms with Crippen molar-refractivity contribution >= 4 is 23.6 Å². The molecule has 2 aromatic rings. The van der Waals surface area contributed by atoms with E-state index in [0.717, 1.165) is 29.9 Å². The number of benzene rings is 2. The first-order valence-electron chi connectivity index (χ1n) is 16.4. The molecule has 0 saturated carbocycles. The molecule has 0 aromatic heterocycles. The zero-order valence-electron chi connectivity index (χ0n) is 26.4. The molecule has 2 aromatic carbocycles. The SMILES string of the molecule is CCCCCCCCCOc1ccc(C(=O)C=Cc2ccc(SCC(C)C)cc2)cc1OCCCCCCCCC. The predicted molar refractivity (Wildman–Crippen MR) is 179 cm³/mol. The number of rotatable bonds is 24. The van der Waals surface area contributed by atoms with Gasteiger partial charge in [-0.15, -0.1) is 11.8 Å². The molecule has 2 rings (SSSR count). The second-order valence-electron chi connectivity index (χ2n) is 11.6. The Bertz CT molecular complexity index is 980. The molecule has 0 unspecified atom stereocenters. The van der Waals surface area contributed by atoms with Gasteiger partial charge in [0.15, 0.2) is 17.3 Å². The molecule has 3 nitrogen and oxygen atoms in total. The van der Waals surface area contributed by atoms with Crippen molar-refractivity contribution in [1.29, 1.82) is 0 Å². The van der Waals surface area contributed by atoms with Crippen molar-refractivity contribution in [3.8, 4) is 11.5 Å². The van der Waals surface area contributed by atoms with Crippen molar-refractivity contribution in [2.45, 2.75) is 122 Å². The highest BCUT2D eigenvalue weighted by Gasteiger charge is 2.11. The minimum Gasteiger partial charge on any atom is -0.490 e. The van der Waals surface area contributed by atoms with Crippen molar-refractivity contribution in [2.75, 3.05) is 19.0 Å². The summed E-state index contributed by atoms with van der Waals surface area (Å²) in [6.45, 7) is 10.3. The van der Waals surface area contributed by atoms with Crippen LogP contribution in [-0.2, 0) is 0 Å². The van der Waals surface area contributed by atoms with E-state index in [4.69, 9.17) is 9.47 Å². The summed E-state index contributed by atoms with van der Waals surface area (Å²) in [4.78, 5) is 14.3. The number of hydrogen-bond acceptors (Lipinski definition) is 4. The van der Waals surface area contributed by atoms with E-state index in [9.17, 15) is 4.79 Å². The molecule has 0 radical (unpaired) electrons. The summed E-state index contributed by atoms with van der Waals surface area (Å²) in [5.74, 6) is 3.18. The summed E-state index contributed by atoms with van der Waals surface area (Å²) in [5, 5.41) is 0. The molecule has 0 heterocycles. The standard InChI is InChI=1S/C37H56O3S/c1-5-7-9-11-13-15-17-27-39-36-26-22-33(29-37(36)40-28-18-16-14-12-10-8-6-2)35(38)25-21-32-19-23-34(24-20-32)41-30-31(3)4/h19-26,29,31H,5-18,27-28,30H2,1-4H3. The van der Waals surface area contributed by atoms with E-state index in [1.165, 1.54) is 81.9 Å². The van der Waals surface area contributed by atoms with Crippen LogP contribution in [0.3, 0.4) is 0 Å². The molecule has 0 atom stereocenters.